The number of fused-ring (bicyclic) bond motifs is 1. The van der Waals surface area contributed by atoms with Crippen molar-refractivity contribution in [3.8, 4) is 5.75 Å². The molecule has 1 unspecified atom stereocenters. The molecule has 0 bridgehead atoms. The minimum atomic E-state index is -0.591. The second-order valence-electron chi connectivity index (χ2n) is 5.45. The molecular formula is C15H17N3O3. The summed E-state index contributed by atoms with van der Waals surface area (Å²) >= 11 is 0. The predicted octanol–water partition coefficient (Wildman–Crippen LogP) is 3.23. The molecule has 1 aliphatic rings. The first-order valence-corrected chi connectivity index (χ1v) is 7.11. The van der Waals surface area contributed by atoms with Gasteiger partial charge in [-0.3, -0.25) is 15.1 Å². The van der Waals surface area contributed by atoms with Crippen molar-refractivity contribution in [2.24, 2.45) is 0 Å². The Bertz CT molecular complexity index is 702. The van der Waals surface area contributed by atoms with Crippen LogP contribution in [-0.2, 0) is 0 Å². The molecule has 0 amide bonds. The third-order valence-corrected chi connectivity index (χ3v) is 4.15. The number of anilines is 1. The molecule has 1 aromatic carbocycles. The molecule has 0 aliphatic carbocycles. The van der Waals surface area contributed by atoms with Crippen LogP contribution in [0, 0.1) is 10.1 Å². The van der Waals surface area contributed by atoms with E-state index in [0.29, 0.717) is 11.6 Å². The Morgan fingerprint density at radius 2 is 2.19 bits per heavy atom. The number of piperidine rings is 1. The number of hydrogen-bond acceptors (Lipinski definition) is 5. The maximum Gasteiger partial charge on any atom is 0.313 e. The van der Waals surface area contributed by atoms with Gasteiger partial charge in [-0.05, 0) is 38.3 Å². The maximum atomic E-state index is 10.9. The highest BCUT2D eigenvalue weighted by atomic mass is 16.6. The number of nitro groups is 1. The largest absolute Gasteiger partial charge is 0.501 e. The normalized spacial score (nSPS) is 18.9. The first-order chi connectivity index (χ1) is 10.1. The van der Waals surface area contributed by atoms with Crippen molar-refractivity contribution in [3.05, 3.63) is 34.5 Å². The van der Waals surface area contributed by atoms with Gasteiger partial charge in [-0.2, -0.15) is 0 Å². The molecule has 6 heteroatoms. The molecule has 6 nitrogen and oxygen atoms in total. The lowest BCUT2D eigenvalue weighted by molar-refractivity contribution is -0.385. The van der Waals surface area contributed by atoms with Crippen molar-refractivity contribution in [2.75, 3.05) is 11.4 Å². The molecule has 2 heterocycles. The van der Waals surface area contributed by atoms with E-state index in [1.54, 1.807) is 12.3 Å². The molecular weight excluding hydrogens is 270 g/mol. The first-order valence-electron chi connectivity index (χ1n) is 7.11. The Morgan fingerprint density at radius 3 is 2.90 bits per heavy atom. The fraction of sp³-hybridized carbons (Fsp3) is 0.400. The van der Waals surface area contributed by atoms with Gasteiger partial charge in [-0.25, -0.2) is 0 Å². The zero-order chi connectivity index (χ0) is 15.0. The number of nitro benzene ring substituents is 1. The fourth-order valence-electron chi connectivity index (χ4n) is 3.03. The summed E-state index contributed by atoms with van der Waals surface area (Å²) < 4.78 is 0. The van der Waals surface area contributed by atoms with Gasteiger partial charge in [0.15, 0.2) is 0 Å². The highest BCUT2D eigenvalue weighted by molar-refractivity contribution is 5.97. The van der Waals surface area contributed by atoms with Crippen LogP contribution in [0.1, 0.15) is 26.2 Å². The monoisotopic (exact) mass is 287 g/mol. The molecule has 2 aromatic rings. The van der Waals surface area contributed by atoms with E-state index in [1.165, 1.54) is 12.5 Å². The molecule has 1 aromatic heterocycles. The first kappa shape index (κ1) is 13.6. The van der Waals surface area contributed by atoms with Crippen molar-refractivity contribution in [1.82, 2.24) is 4.98 Å². The van der Waals surface area contributed by atoms with E-state index in [0.717, 1.165) is 30.5 Å². The molecule has 1 N–H and O–H groups in total. The Hall–Kier alpha value is -2.37. The second kappa shape index (κ2) is 5.20. The standard InChI is InChI=1S/C15H17N3O3/c1-10-4-2-3-9-17(10)12-7-8-16-14-11(12)5-6-13(15(14)19)18(20)21/h5-8,10,19H,2-4,9H2,1H3. The Labute approximate surface area is 122 Å². The number of hydrogen-bond donors (Lipinski definition) is 1. The molecule has 0 radical (unpaired) electrons. The molecule has 21 heavy (non-hydrogen) atoms. The van der Waals surface area contributed by atoms with Gasteiger partial charge in [0.2, 0.25) is 5.75 Å². The van der Waals surface area contributed by atoms with Crippen LogP contribution < -0.4 is 4.90 Å². The van der Waals surface area contributed by atoms with Crippen LogP contribution in [0.5, 0.6) is 5.75 Å². The Morgan fingerprint density at radius 1 is 1.38 bits per heavy atom. The summed E-state index contributed by atoms with van der Waals surface area (Å²) in [5.41, 5.74) is 0.968. The van der Waals surface area contributed by atoms with E-state index >= 15 is 0 Å². The summed E-state index contributed by atoms with van der Waals surface area (Å²) in [4.78, 5) is 16.7. The number of phenolic OH excluding ortho intramolecular Hbond substituents is 1. The van der Waals surface area contributed by atoms with Crippen LogP contribution in [0.2, 0.25) is 0 Å². The van der Waals surface area contributed by atoms with Crippen LogP contribution >= 0.6 is 0 Å². The lowest BCUT2D eigenvalue weighted by Gasteiger charge is -2.36. The number of rotatable bonds is 2. The highest BCUT2D eigenvalue weighted by Gasteiger charge is 2.23. The number of benzene rings is 1. The highest BCUT2D eigenvalue weighted by Crippen LogP contribution is 2.38. The summed E-state index contributed by atoms with van der Waals surface area (Å²) in [6, 6.07) is 5.35. The summed E-state index contributed by atoms with van der Waals surface area (Å²) in [6.45, 7) is 3.13. The number of aromatic hydroxyl groups is 1. The molecule has 1 aliphatic heterocycles. The molecule has 1 fully saturated rings. The topological polar surface area (TPSA) is 79.5 Å². The predicted molar refractivity (Wildman–Crippen MR) is 80.7 cm³/mol. The number of pyridine rings is 1. The lowest BCUT2D eigenvalue weighted by atomic mass is 10.0. The van der Waals surface area contributed by atoms with E-state index in [4.69, 9.17) is 0 Å². The van der Waals surface area contributed by atoms with Crippen LogP contribution in [0.3, 0.4) is 0 Å². The maximum absolute atomic E-state index is 10.9. The van der Waals surface area contributed by atoms with Crippen LogP contribution in [0.15, 0.2) is 24.4 Å². The summed E-state index contributed by atoms with van der Waals surface area (Å²) in [6.07, 6.45) is 5.08. The van der Waals surface area contributed by atoms with Gasteiger partial charge in [-0.15, -0.1) is 0 Å². The summed E-state index contributed by atoms with van der Waals surface area (Å²) in [7, 11) is 0. The summed E-state index contributed by atoms with van der Waals surface area (Å²) in [5.74, 6) is -0.357. The van der Waals surface area contributed by atoms with Gasteiger partial charge in [0.25, 0.3) is 0 Å². The van der Waals surface area contributed by atoms with Gasteiger partial charge < -0.3 is 10.0 Å². The number of phenols is 1. The molecule has 3 rings (SSSR count). The van der Waals surface area contributed by atoms with Crippen molar-refractivity contribution in [2.45, 2.75) is 32.2 Å². The fourth-order valence-corrected chi connectivity index (χ4v) is 3.03. The SMILES string of the molecule is CC1CCCCN1c1ccnc2c(O)c([N+](=O)[O-])ccc12. The molecule has 110 valence electrons. The van der Waals surface area contributed by atoms with Crippen LogP contribution in [0.4, 0.5) is 11.4 Å². The zero-order valence-corrected chi connectivity index (χ0v) is 11.8. The Kier molecular flexibility index (Phi) is 3.37. The average molecular weight is 287 g/mol. The summed E-state index contributed by atoms with van der Waals surface area (Å²) in [5, 5.41) is 21.8. The van der Waals surface area contributed by atoms with Crippen molar-refractivity contribution in [1.29, 1.82) is 0 Å². The molecule has 0 saturated carbocycles. The zero-order valence-electron chi connectivity index (χ0n) is 11.8. The van der Waals surface area contributed by atoms with Gasteiger partial charge in [0, 0.05) is 35.9 Å². The minimum Gasteiger partial charge on any atom is -0.501 e. The van der Waals surface area contributed by atoms with E-state index in [1.807, 2.05) is 6.07 Å². The third-order valence-electron chi connectivity index (χ3n) is 4.15. The van der Waals surface area contributed by atoms with E-state index in [2.05, 4.69) is 16.8 Å². The van der Waals surface area contributed by atoms with Gasteiger partial charge in [-0.1, -0.05) is 0 Å². The molecule has 0 spiro atoms. The van der Waals surface area contributed by atoms with E-state index in [9.17, 15) is 15.2 Å². The number of aromatic nitrogens is 1. The second-order valence-corrected chi connectivity index (χ2v) is 5.45. The smallest absolute Gasteiger partial charge is 0.313 e. The van der Waals surface area contributed by atoms with Crippen LogP contribution in [-0.4, -0.2) is 27.6 Å². The van der Waals surface area contributed by atoms with Crippen molar-refractivity contribution in [3.63, 3.8) is 0 Å². The van der Waals surface area contributed by atoms with Crippen molar-refractivity contribution < 1.29 is 10.0 Å². The molecule has 1 saturated heterocycles. The van der Waals surface area contributed by atoms with Gasteiger partial charge >= 0.3 is 5.69 Å². The lowest BCUT2D eigenvalue weighted by Crippen LogP contribution is -2.37. The van der Waals surface area contributed by atoms with E-state index < -0.39 is 4.92 Å². The number of nitrogens with zero attached hydrogens (tertiary/aromatic N) is 3. The van der Waals surface area contributed by atoms with Crippen molar-refractivity contribution >= 4 is 22.3 Å². The van der Waals surface area contributed by atoms with Crippen LogP contribution in [0.25, 0.3) is 10.9 Å². The van der Waals surface area contributed by atoms with E-state index in [-0.39, 0.29) is 11.4 Å². The molecule has 1 atom stereocenters. The Balaban J connectivity index is 2.16. The van der Waals surface area contributed by atoms with Gasteiger partial charge in [0.1, 0.15) is 5.52 Å². The third kappa shape index (κ3) is 2.26. The average Bonchev–Trinajstić information content (AvgIpc) is 2.47. The quantitative estimate of drug-likeness (QED) is 0.677. The minimum absolute atomic E-state index is 0.291. The van der Waals surface area contributed by atoms with Gasteiger partial charge in [0.05, 0.1) is 4.92 Å².